The molecule has 0 atom stereocenters. The van der Waals surface area contributed by atoms with Gasteiger partial charge in [-0.25, -0.2) is 0 Å². The number of nitrogen functional groups attached to an aromatic ring is 2. The first kappa shape index (κ1) is 18.0. The molecular formula is C16H18N4O5. The summed E-state index contributed by atoms with van der Waals surface area (Å²) in [6.45, 7) is -0.508. The highest BCUT2D eigenvalue weighted by Gasteiger charge is 2.13. The van der Waals surface area contributed by atoms with Gasteiger partial charge in [-0.1, -0.05) is 0 Å². The fourth-order valence-corrected chi connectivity index (χ4v) is 2.33. The number of hydrogen-bond acceptors (Lipinski definition) is 7. The van der Waals surface area contributed by atoms with Crippen LogP contribution in [0.4, 0.5) is 11.4 Å². The van der Waals surface area contributed by atoms with E-state index in [2.05, 4.69) is 0 Å². The number of anilines is 2. The number of hydrogen-bond donors (Lipinski definition) is 2. The van der Waals surface area contributed by atoms with Gasteiger partial charge < -0.3 is 16.2 Å². The van der Waals surface area contributed by atoms with Gasteiger partial charge in [-0.05, 0) is 36.4 Å². The van der Waals surface area contributed by atoms with Gasteiger partial charge in [-0.2, -0.15) is 0 Å². The minimum Gasteiger partial charge on any atom is -0.457 e. The third-order valence-corrected chi connectivity index (χ3v) is 3.52. The second-order valence-corrected chi connectivity index (χ2v) is 5.45. The lowest BCUT2D eigenvalue weighted by molar-refractivity contribution is -0.479. The third-order valence-electron chi connectivity index (χ3n) is 3.52. The second kappa shape index (κ2) is 7.95. The average Bonchev–Trinajstić information content (AvgIpc) is 2.54. The summed E-state index contributed by atoms with van der Waals surface area (Å²) in [5, 5.41) is 21.2. The number of nitrogens with two attached hydrogens (primary N) is 2. The van der Waals surface area contributed by atoms with Crippen LogP contribution in [0, 0.1) is 20.2 Å². The zero-order valence-electron chi connectivity index (χ0n) is 13.4. The number of benzene rings is 2. The molecule has 2 rings (SSSR count). The molecule has 0 bridgehead atoms. The van der Waals surface area contributed by atoms with Crippen molar-refractivity contribution in [2.75, 3.05) is 24.6 Å². The van der Waals surface area contributed by atoms with E-state index in [1.165, 1.54) is 0 Å². The van der Waals surface area contributed by atoms with E-state index in [0.717, 1.165) is 0 Å². The van der Waals surface area contributed by atoms with E-state index >= 15 is 0 Å². The molecule has 0 aliphatic rings. The van der Waals surface area contributed by atoms with Crippen molar-refractivity contribution in [3.05, 3.63) is 67.8 Å². The van der Waals surface area contributed by atoms with Crippen LogP contribution in [0.15, 0.2) is 36.4 Å². The van der Waals surface area contributed by atoms with Gasteiger partial charge in [0.25, 0.3) is 0 Å². The Morgan fingerprint density at radius 3 is 1.56 bits per heavy atom. The van der Waals surface area contributed by atoms with E-state index in [1.807, 2.05) is 0 Å². The highest BCUT2D eigenvalue weighted by atomic mass is 16.6. The van der Waals surface area contributed by atoms with Crippen LogP contribution in [0.1, 0.15) is 11.1 Å². The normalized spacial score (nSPS) is 10.4. The Balaban J connectivity index is 2.29. The van der Waals surface area contributed by atoms with Crippen LogP contribution in [-0.2, 0) is 12.8 Å². The summed E-state index contributed by atoms with van der Waals surface area (Å²) in [6, 6.07) is 9.73. The van der Waals surface area contributed by atoms with Gasteiger partial charge in [0.2, 0.25) is 13.1 Å². The number of nitrogens with zero attached hydrogens (tertiary/aromatic N) is 2. The Morgan fingerprint density at radius 1 is 0.800 bits per heavy atom. The van der Waals surface area contributed by atoms with Gasteiger partial charge in [-0.3, -0.25) is 20.2 Å². The summed E-state index contributed by atoms with van der Waals surface area (Å²) >= 11 is 0. The average molecular weight is 346 g/mol. The Morgan fingerprint density at radius 2 is 1.20 bits per heavy atom. The maximum absolute atomic E-state index is 10.6. The van der Waals surface area contributed by atoms with Gasteiger partial charge in [0.1, 0.15) is 11.5 Å². The lowest BCUT2D eigenvalue weighted by Gasteiger charge is -2.14. The van der Waals surface area contributed by atoms with Crippen molar-refractivity contribution >= 4 is 11.4 Å². The Kier molecular flexibility index (Phi) is 5.72. The fourth-order valence-electron chi connectivity index (χ4n) is 2.33. The first-order valence-electron chi connectivity index (χ1n) is 7.53. The standard InChI is InChI=1S/C16H18N4O5/c17-13-1-3-15(11(9-13)5-7-19(21)22)25-16-4-2-14(18)10-12(16)6-8-20(23)24/h1-4,9-10H,5-8,17-18H2. The van der Waals surface area contributed by atoms with Crippen molar-refractivity contribution in [3.8, 4) is 11.5 Å². The van der Waals surface area contributed by atoms with E-state index < -0.39 is 9.85 Å². The molecule has 0 aromatic heterocycles. The molecule has 25 heavy (non-hydrogen) atoms. The SMILES string of the molecule is Nc1ccc(Oc2ccc(N)cc2CC[N+](=O)[O-])c(CC[N+](=O)[O-])c1. The Hall–Kier alpha value is -3.36. The fraction of sp³-hybridized carbons (Fsp3) is 0.250. The minimum atomic E-state index is -0.418. The summed E-state index contributed by atoms with van der Waals surface area (Å²) in [5.74, 6) is 0.839. The lowest BCUT2D eigenvalue weighted by atomic mass is 10.1. The van der Waals surface area contributed by atoms with Crippen molar-refractivity contribution in [2.24, 2.45) is 0 Å². The second-order valence-electron chi connectivity index (χ2n) is 5.45. The predicted molar refractivity (Wildman–Crippen MR) is 92.9 cm³/mol. The number of rotatable bonds is 8. The van der Waals surface area contributed by atoms with Gasteiger partial charge >= 0.3 is 0 Å². The number of nitro groups is 2. The Bertz CT molecular complexity index is 729. The van der Waals surface area contributed by atoms with Crippen molar-refractivity contribution in [2.45, 2.75) is 12.8 Å². The molecule has 0 radical (unpaired) electrons. The largest absolute Gasteiger partial charge is 0.457 e. The highest BCUT2D eigenvalue weighted by Crippen LogP contribution is 2.31. The maximum Gasteiger partial charge on any atom is 0.208 e. The molecule has 0 amide bonds. The quantitative estimate of drug-likeness (QED) is 0.423. The molecule has 0 heterocycles. The topological polar surface area (TPSA) is 148 Å². The molecule has 0 fully saturated rings. The molecule has 0 aliphatic carbocycles. The summed E-state index contributed by atoms with van der Waals surface area (Å²) in [6.07, 6.45) is 0.319. The maximum atomic E-state index is 10.6. The molecule has 2 aromatic carbocycles. The molecular weight excluding hydrogens is 328 g/mol. The van der Waals surface area contributed by atoms with E-state index in [4.69, 9.17) is 16.2 Å². The molecule has 0 saturated heterocycles. The van der Waals surface area contributed by atoms with Crippen molar-refractivity contribution in [1.82, 2.24) is 0 Å². The van der Waals surface area contributed by atoms with Gasteiger partial charge in [0.05, 0.1) is 0 Å². The summed E-state index contributed by atoms with van der Waals surface area (Å²) in [7, 11) is 0. The van der Waals surface area contributed by atoms with Crippen molar-refractivity contribution < 1.29 is 14.6 Å². The first-order chi connectivity index (χ1) is 11.8. The van der Waals surface area contributed by atoms with E-state index in [-0.39, 0.29) is 25.9 Å². The first-order valence-corrected chi connectivity index (χ1v) is 7.53. The smallest absolute Gasteiger partial charge is 0.208 e. The van der Waals surface area contributed by atoms with Crippen LogP contribution in [0.3, 0.4) is 0 Å². The molecule has 0 saturated carbocycles. The van der Waals surface area contributed by atoms with E-state index in [0.29, 0.717) is 34.0 Å². The van der Waals surface area contributed by atoms with Crippen LogP contribution >= 0.6 is 0 Å². The van der Waals surface area contributed by atoms with Gasteiger partial charge in [0, 0.05) is 45.2 Å². The van der Waals surface area contributed by atoms with Crippen LogP contribution in [-0.4, -0.2) is 22.9 Å². The van der Waals surface area contributed by atoms with Crippen molar-refractivity contribution in [3.63, 3.8) is 0 Å². The molecule has 4 N–H and O–H groups in total. The highest BCUT2D eigenvalue weighted by molar-refractivity contribution is 5.52. The Labute approximate surface area is 143 Å². The van der Waals surface area contributed by atoms with Crippen LogP contribution < -0.4 is 16.2 Å². The summed E-state index contributed by atoms with van der Waals surface area (Å²) in [5.41, 5.74) is 13.6. The molecule has 0 unspecified atom stereocenters. The van der Waals surface area contributed by atoms with Crippen molar-refractivity contribution in [1.29, 1.82) is 0 Å². The van der Waals surface area contributed by atoms with E-state index in [1.54, 1.807) is 36.4 Å². The van der Waals surface area contributed by atoms with E-state index in [9.17, 15) is 20.2 Å². The predicted octanol–water partition coefficient (Wildman–Crippen LogP) is 2.28. The zero-order chi connectivity index (χ0) is 18.4. The zero-order valence-corrected chi connectivity index (χ0v) is 13.4. The summed E-state index contributed by atoms with van der Waals surface area (Å²) in [4.78, 5) is 20.4. The monoisotopic (exact) mass is 346 g/mol. The molecule has 9 heteroatoms. The molecule has 0 spiro atoms. The van der Waals surface area contributed by atoms with Gasteiger partial charge in [0.15, 0.2) is 0 Å². The van der Waals surface area contributed by atoms with Gasteiger partial charge in [-0.15, -0.1) is 0 Å². The van der Waals surface area contributed by atoms with Crippen LogP contribution in [0.5, 0.6) is 11.5 Å². The van der Waals surface area contributed by atoms with Crippen LogP contribution in [0.25, 0.3) is 0 Å². The number of ether oxygens (including phenoxy) is 1. The summed E-state index contributed by atoms with van der Waals surface area (Å²) < 4.78 is 5.86. The molecule has 2 aromatic rings. The molecule has 132 valence electrons. The molecule has 9 nitrogen and oxygen atoms in total. The third kappa shape index (κ3) is 5.34. The lowest BCUT2D eigenvalue weighted by Crippen LogP contribution is -2.07. The minimum absolute atomic E-state index is 0.159. The van der Waals surface area contributed by atoms with Crippen LogP contribution in [0.2, 0.25) is 0 Å². The molecule has 0 aliphatic heterocycles.